The summed E-state index contributed by atoms with van der Waals surface area (Å²) in [5, 5.41) is 29.4. The molecule has 0 spiro atoms. The number of hydrogen-bond acceptors (Lipinski definition) is 11. The van der Waals surface area contributed by atoms with E-state index in [-0.39, 0.29) is 0 Å². The SMILES string of the molecule is NC1=NC=NC2C1N=CN2C1OC(CSCCC(N)C(=O)O)C(O)C1O. The predicted molar refractivity (Wildman–Crippen MR) is 96.2 cm³/mol. The summed E-state index contributed by atoms with van der Waals surface area (Å²) in [4.78, 5) is 24.7. The summed E-state index contributed by atoms with van der Waals surface area (Å²) in [6, 6.07) is -1.34. The Kier molecular flexibility index (Phi) is 5.77. The highest BCUT2D eigenvalue weighted by molar-refractivity contribution is 7.99. The van der Waals surface area contributed by atoms with Gasteiger partial charge in [0.2, 0.25) is 0 Å². The maximum Gasteiger partial charge on any atom is 0.320 e. The van der Waals surface area contributed by atoms with Crippen LogP contribution in [0.1, 0.15) is 6.42 Å². The average Bonchev–Trinajstić information content (AvgIpc) is 3.15. The van der Waals surface area contributed by atoms with Gasteiger partial charge in [-0.1, -0.05) is 0 Å². The molecule has 0 amide bonds. The van der Waals surface area contributed by atoms with E-state index in [0.717, 1.165) is 0 Å². The van der Waals surface area contributed by atoms with Gasteiger partial charge in [0.05, 0.1) is 12.4 Å². The first-order chi connectivity index (χ1) is 12.4. The summed E-state index contributed by atoms with van der Waals surface area (Å²) in [5.41, 5.74) is 11.3. The molecule has 0 radical (unpaired) electrons. The number of aliphatic carboxylic acids is 1. The van der Waals surface area contributed by atoms with Crippen molar-refractivity contribution >= 4 is 36.2 Å². The summed E-state index contributed by atoms with van der Waals surface area (Å²) >= 11 is 1.41. The van der Waals surface area contributed by atoms with Crippen LogP contribution in [0, 0.1) is 0 Å². The molecular formula is C14H22N6O5S. The predicted octanol–water partition coefficient (Wildman–Crippen LogP) is -2.59. The number of rotatable bonds is 7. The zero-order valence-electron chi connectivity index (χ0n) is 13.8. The van der Waals surface area contributed by atoms with E-state index in [4.69, 9.17) is 21.3 Å². The molecule has 12 heteroatoms. The van der Waals surface area contributed by atoms with Gasteiger partial charge in [-0.2, -0.15) is 11.8 Å². The van der Waals surface area contributed by atoms with E-state index in [2.05, 4.69) is 15.0 Å². The number of ether oxygens (including phenoxy) is 1. The van der Waals surface area contributed by atoms with Crippen LogP contribution in [0.5, 0.6) is 0 Å². The zero-order valence-corrected chi connectivity index (χ0v) is 14.6. The molecule has 3 aliphatic rings. The lowest BCUT2D eigenvalue weighted by atomic mass is 10.1. The van der Waals surface area contributed by atoms with Crippen molar-refractivity contribution < 1.29 is 24.9 Å². The third-order valence-corrected chi connectivity index (χ3v) is 5.57. The Morgan fingerprint density at radius 3 is 2.88 bits per heavy atom. The molecule has 3 rings (SSSR count). The normalized spacial score (nSPS) is 36.9. The molecular weight excluding hydrogens is 364 g/mol. The van der Waals surface area contributed by atoms with Gasteiger partial charge in [-0.15, -0.1) is 0 Å². The highest BCUT2D eigenvalue weighted by Crippen LogP contribution is 2.30. The van der Waals surface area contributed by atoms with Crippen molar-refractivity contribution in [1.82, 2.24) is 4.90 Å². The number of hydrogen-bond donors (Lipinski definition) is 5. The number of carbonyl (C=O) groups is 1. The Morgan fingerprint density at radius 1 is 1.38 bits per heavy atom. The smallest absolute Gasteiger partial charge is 0.320 e. The Hall–Kier alpha value is -1.73. The van der Waals surface area contributed by atoms with Crippen LogP contribution in [-0.4, -0.2) is 99.0 Å². The molecule has 0 aromatic rings. The van der Waals surface area contributed by atoms with Crippen LogP contribution >= 0.6 is 11.8 Å². The zero-order chi connectivity index (χ0) is 18.8. The van der Waals surface area contributed by atoms with Crippen molar-refractivity contribution in [2.75, 3.05) is 11.5 Å². The molecule has 7 unspecified atom stereocenters. The lowest BCUT2D eigenvalue weighted by Crippen LogP contribution is -2.51. The molecule has 7 N–H and O–H groups in total. The molecule has 3 heterocycles. The van der Waals surface area contributed by atoms with Gasteiger partial charge in [-0.3, -0.25) is 9.79 Å². The van der Waals surface area contributed by atoms with Gasteiger partial charge in [-0.25, -0.2) is 9.98 Å². The average molecular weight is 386 g/mol. The summed E-state index contributed by atoms with van der Waals surface area (Å²) in [6.45, 7) is 0. The number of aliphatic hydroxyl groups excluding tert-OH is 2. The van der Waals surface area contributed by atoms with Gasteiger partial charge in [-0.05, 0) is 12.2 Å². The molecule has 144 valence electrons. The van der Waals surface area contributed by atoms with Crippen molar-refractivity contribution in [1.29, 1.82) is 0 Å². The largest absolute Gasteiger partial charge is 0.480 e. The van der Waals surface area contributed by atoms with Gasteiger partial charge in [0.15, 0.2) is 12.4 Å². The fourth-order valence-electron chi connectivity index (χ4n) is 2.95. The summed E-state index contributed by atoms with van der Waals surface area (Å²) < 4.78 is 5.82. The van der Waals surface area contributed by atoms with Crippen LogP contribution in [0.15, 0.2) is 15.0 Å². The number of aliphatic imine (C=N–C) groups is 3. The number of thioether (sulfide) groups is 1. The van der Waals surface area contributed by atoms with Crippen molar-refractivity contribution in [3.05, 3.63) is 0 Å². The van der Waals surface area contributed by atoms with Crippen molar-refractivity contribution in [2.24, 2.45) is 26.4 Å². The van der Waals surface area contributed by atoms with Crippen LogP contribution in [0.25, 0.3) is 0 Å². The Bertz CT molecular complexity index is 631. The first kappa shape index (κ1) is 19.0. The second kappa shape index (κ2) is 7.88. The van der Waals surface area contributed by atoms with Gasteiger partial charge in [0, 0.05) is 5.75 Å². The minimum atomic E-state index is -1.14. The molecule has 11 nitrogen and oxygen atoms in total. The van der Waals surface area contributed by atoms with Gasteiger partial charge in [0.25, 0.3) is 0 Å². The Labute approximate surface area is 153 Å². The number of carboxylic acid groups (broad SMARTS) is 1. The summed E-state index contributed by atoms with van der Waals surface area (Å²) in [6.07, 6.45) is -0.929. The van der Waals surface area contributed by atoms with E-state index in [1.54, 1.807) is 4.90 Å². The number of carboxylic acids is 1. The maximum atomic E-state index is 10.7. The molecule has 1 saturated heterocycles. The topological polar surface area (TPSA) is 179 Å². The van der Waals surface area contributed by atoms with Crippen LogP contribution < -0.4 is 11.5 Å². The van der Waals surface area contributed by atoms with Crippen molar-refractivity contribution in [2.45, 2.75) is 49.2 Å². The molecule has 0 aromatic heterocycles. The van der Waals surface area contributed by atoms with E-state index < -0.39 is 48.8 Å². The molecule has 0 bridgehead atoms. The highest BCUT2D eigenvalue weighted by Gasteiger charge is 2.49. The Balaban J connectivity index is 1.53. The van der Waals surface area contributed by atoms with Crippen LogP contribution in [0.4, 0.5) is 0 Å². The summed E-state index contributed by atoms with van der Waals surface area (Å²) in [7, 11) is 0. The molecule has 0 aromatic carbocycles. The first-order valence-corrected chi connectivity index (χ1v) is 9.29. The fraction of sp³-hybridized carbons (Fsp3) is 0.714. The van der Waals surface area contributed by atoms with Crippen molar-refractivity contribution in [3.63, 3.8) is 0 Å². The summed E-state index contributed by atoms with van der Waals surface area (Å²) in [5.74, 6) is 0.191. The molecule has 1 fully saturated rings. The standard InChI is InChI=1S/C14H22N6O5S/c15-6(14(23)24)1-2-26-3-7-9(21)10(22)13(25-7)20-5-19-8-11(16)17-4-18-12(8)20/h4-10,12-13,21-22H,1-3,15H2,(H,23,24)(H2,16,17,18). The third-order valence-electron chi connectivity index (χ3n) is 4.48. The van der Waals surface area contributed by atoms with Crippen LogP contribution in [-0.2, 0) is 9.53 Å². The monoisotopic (exact) mass is 386 g/mol. The second-order valence-electron chi connectivity index (χ2n) is 6.24. The first-order valence-electron chi connectivity index (χ1n) is 8.13. The highest BCUT2D eigenvalue weighted by atomic mass is 32.2. The van der Waals surface area contributed by atoms with E-state index in [9.17, 15) is 15.0 Å². The molecule has 0 aliphatic carbocycles. The van der Waals surface area contributed by atoms with E-state index >= 15 is 0 Å². The van der Waals surface area contributed by atoms with E-state index in [1.807, 2.05) is 0 Å². The van der Waals surface area contributed by atoms with Crippen molar-refractivity contribution in [3.8, 4) is 0 Å². The number of fused-ring (bicyclic) bond motifs is 1. The number of nitrogens with zero attached hydrogens (tertiary/aromatic N) is 4. The second-order valence-corrected chi connectivity index (χ2v) is 7.39. The number of aliphatic hydroxyl groups is 2. The molecule has 26 heavy (non-hydrogen) atoms. The lowest BCUT2D eigenvalue weighted by molar-refractivity contribution is -0.138. The lowest BCUT2D eigenvalue weighted by Gasteiger charge is -2.31. The third kappa shape index (κ3) is 3.69. The van der Waals surface area contributed by atoms with Crippen LogP contribution in [0.3, 0.4) is 0 Å². The number of amidine groups is 1. The molecule has 7 atom stereocenters. The van der Waals surface area contributed by atoms with Gasteiger partial charge >= 0.3 is 5.97 Å². The maximum absolute atomic E-state index is 10.7. The molecule has 3 aliphatic heterocycles. The Morgan fingerprint density at radius 2 is 2.15 bits per heavy atom. The molecule has 0 saturated carbocycles. The van der Waals surface area contributed by atoms with Crippen LogP contribution in [0.2, 0.25) is 0 Å². The van der Waals surface area contributed by atoms with E-state index in [0.29, 0.717) is 23.8 Å². The minimum absolute atomic E-state index is 0.310. The van der Waals surface area contributed by atoms with E-state index in [1.165, 1.54) is 24.4 Å². The fourth-order valence-corrected chi connectivity index (χ4v) is 4.05. The van der Waals surface area contributed by atoms with Gasteiger partial charge < -0.3 is 36.4 Å². The quantitative estimate of drug-likeness (QED) is 0.293. The minimum Gasteiger partial charge on any atom is -0.480 e. The van der Waals surface area contributed by atoms with Gasteiger partial charge in [0.1, 0.15) is 36.5 Å². The number of nitrogens with two attached hydrogens (primary N) is 2.